The summed E-state index contributed by atoms with van der Waals surface area (Å²) in [7, 11) is 0. The number of hydrogen-bond acceptors (Lipinski definition) is 4. The van der Waals surface area contributed by atoms with Gasteiger partial charge in [-0.2, -0.15) is 0 Å². The molecular formula is C26H18ClNO4. The number of anilines is 1. The van der Waals surface area contributed by atoms with Gasteiger partial charge in [-0.05, 0) is 47.5 Å². The van der Waals surface area contributed by atoms with E-state index in [-0.39, 0.29) is 11.3 Å². The highest BCUT2D eigenvalue weighted by Crippen LogP contribution is 2.44. The fraction of sp³-hybridized carbons (Fsp3) is 0.0769. The van der Waals surface area contributed by atoms with E-state index in [4.69, 9.17) is 16.0 Å². The van der Waals surface area contributed by atoms with Crippen LogP contribution < -0.4 is 4.90 Å². The lowest BCUT2D eigenvalue weighted by atomic mass is 9.96. The Bertz CT molecular complexity index is 1400. The monoisotopic (exact) mass is 443 g/mol. The van der Waals surface area contributed by atoms with Gasteiger partial charge in [0, 0.05) is 16.3 Å². The molecule has 5 rings (SSSR count). The summed E-state index contributed by atoms with van der Waals surface area (Å²) in [5.41, 5.74) is 1.69. The molecule has 1 aromatic heterocycles. The Kier molecular flexibility index (Phi) is 4.83. The van der Waals surface area contributed by atoms with Crippen LogP contribution in [0.1, 0.15) is 22.9 Å². The maximum Gasteiger partial charge on any atom is 0.300 e. The molecule has 1 amide bonds. The van der Waals surface area contributed by atoms with Crippen LogP contribution in [0.15, 0.2) is 89.0 Å². The van der Waals surface area contributed by atoms with Crippen molar-refractivity contribution < 1.29 is 19.1 Å². The summed E-state index contributed by atoms with van der Waals surface area (Å²) < 4.78 is 5.62. The standard InChI is InChI=1S/C26H18ClNO4/c1-15-11-12-17(27)14-20(15)28-23(21-10-5-13-32-21)22(25(30)26(28)31)24(29)19-9-4-7-16-6-2-3-8-18(16)19/h2-14,23,29H,1H3/b24-22-. The highest BCUT2D eigenvalue weighted by molar-refractivity contribution is 6.52. The molecular weight excluding hydrogens is 426 g/mol. The minimum Gasteiger partial charge on any atom is -0.507 e. The van der Waals surface area contributed by atoms with E-state index in [1.807, 2.05) is 37.3 Å². The summed E-state index contributed by atoms with van der Waals surface area (Å²) in [6.45, 7) is 1.83. The zero-order chi connectivity index (χ0) is 22.4. The summed E-state index contributed by atoms with van der Waals surface area (Å²) in [5, 5.41) is 13.5. The molecule has 1 aliphatic rings. The SMILES string of the molecule is Cc1ccc(Cl)cc1N1C(=O)C(=O)/C(=C(\O)c2cccc3ccccc23)C1c1ccco1. The molecule has 1 atom stereocenters. The first-order valence-corrected chi connectivity index (χ1v) is 10.4. The molecule has 0 spiro atoms. The molecule has 1 unspecified atom stereocenters. The van der Waals surface area contributed by atoms with E-state index >= 15 is 0 Å². The number of nitrogens with zero attached hydrogens (tertiary/aromatic N) is 1. The van der Waals surface area contributed by atoms with Gasteiger partial charge in [0.25, 0.3) is 11.7 Å². The summed E-state index contributed by atoms with van der Waals surface area (Å²) in [4.78, 5) is 27.8. The molecule has 1 N–H and O–H groups in total. The molecule has 3 aromatic carbocycles. The first-order chi connectivity index (χ1) is 15.5. The van der Waals surface area contributed by atoms with E-state index in [0.717, 1.165) is 16.3 Å². The van der Waals surface area contributed by atoms with E-state index < -0.39 is 17.7 Å². The van der Waals surface area contributed by atoms with Gasteiger partial charge in [0.2, 0.25) is 0 Å². The van der Waals surface area contributed by atoms with Crippen LogP contribution in [0.5, 0.6) is 0 Å². The molecule has 5 nitrogen and oxygen atoms in total. The van der Waals surface area contributed by atoms with Crippen LogP contribution in [-0.4, -0.2) is 16.8 Å². The van der Waals surface area contributed by atoms with Crippen molar-refractivity contribution in [2.24, 2.45) is 0 Å². The number of hydrogen-bond donors (Lipinski definition) is 1. The fourth-order valence-corrected chi connectivity index (χ4v) is 4.38. The van der Waals surface area contributed by atoms with E-state index in [0.29, 0.717) is 22.0 Å². The van der Waals surface area contributed by atoms with E-state index in [9.17, 15) is 14.7 Å². The molecule has 2 heterocycles. The summed E-state index contributed by atoms with van der Waals surface area (Å²) in [6, 6.07) is 20.6. The average Bonchev–Trinajstić information content (AvgIpc) is 3.42. The van der Waals surface area contributed by atoms with Crippen LogP contribution in [0, 0.1) is 6.92 Å². The number of fused-ring (bicyclic) bond motifs is 1. The van der Waals surface area contributed by atoms with Gasteiger partial charge in [0.1, 0.15) is 17.6 Å². The second-order valence-corrected chi connectivity index (χ2v) is 8.08. The quantitative estimate of drug-likeness (QED) is 0.239. The molecule has 4 aromatic rings. The summed E-state index contributed by atoms with van der Waals surface area (Å²) in [5.74, 6) is -1.41. The zero-order valence-corrected chi connectivity index (χ0v) is 17.8. The van der Waals surface area contributed by atoms with Crippen molar-refractivity contribution in [1.29, 1.82) is 0 Å². The number of aryl methyl sites for hydroxylation is 1. The number of Topliss-reactive ketones (excluding diaryl/α,β-unsaturated/α-hetero) is 1. The molecule has 6 heteroatoms. The number of ketones is 1. The Labute approximate surface area is 189 Å². The fourth-order valence-electron chi connectivity index (χ4n) is 4.22. The number of carbonyl (C=O) groups excluding carboxylic acids is 2. The van der Waals surface area contributed by atoms with E-state index in [2.05, 4.69) is 0 Å². The lowest BCUT2D eigenvalue weighted by molar-refractivity contribution is -0.132. The van der Waals surface area contributed by atoms with Crippen molar-refractivity contribution in [3.05, 3.63) is 107 Å². The highest BCUT2D eigenvalue weighted by Gasteiger charge is 2.48. The van der Waals surface area contributed by atoms with E-state index in [1.165, 1.54) is 11.2 Å². The third-order valence-corrected chi connectivity index (χ3v) is 5.97. The molecule has 0 bridgehead atoms. The number of halogens is 1. The van der Waals surface area contributed by atoms with Gasteiger partial charge in [-0.3, -0.25) is 14.5 Å². The van der Waals surface area contributed by atoms with Crippen molar-refractivity contribution in [3.63, 3.8) is 0 Å². The second-order valence-electron chi connectivity index (χ2n) is 7.64. The van der Waals surface area contributed by atoms with Crippen LogP contribution in [0.3, 0.4) is 0 Å². The largest absolute Gasteiger partial charge is 0.507 e. The lowest BCUT2D eigenvalue weighted by Gasteiger charge is -2.25. The molecule has 0 saturated carbocycles. The number of furan rings is 1. The second kappa shape index (κ2) is 7.70. The summed E-state index contributed by atoms with van der Waals surface area (Å²) in [6.07, 6.45) is 1.47. The Balaban J connectivity index is 1.78. The van der Waals surface area contributed by atoms with Gasteiger partial charge in [-0.25, -0.2) is 0 Å². The third-order valence-electron chi connectivity index (χ3n) is 5.73. The van der Waals surface area contributed by atoms with Crippen LogP contribution in [0.25, 0.3) is 16.5 Å². The number of carbonyl (C=O) groups is 2. The average molecular weight is 444 g/mol. The number of rotatable bonds is 3. The van der Waals surface area contributed by atoms with Crippen molar-refractivity contribution in [2.75, 3.05) is 4.90 Å². The number of aliphatic hydroxyl groups is 1. The van der Waals surface area contributed by atoms with Crippen molar-refractivity contribution in [1.82, 2.24) is 0 Å². The number of amides is 1. The van der Waals surface area contributed by atoms with Gasteiger partial charge >= 0.3 is 0 Å². The molecule has 32 heavy (non-hydrogen) atoms. The maximum absolute atomic E-state index is 13.3. The van der Waals surface area contributed by atoms with Gasteiger partial charge < -0.3 is 9.52 Å². The van der Waals surface area contributed by atoms with Crippen molar-refractivity contribution >= 4 is 45.5 Å². The predicted molar refractivity (Wildman–Crippen MR) is 124 cm³/mol. The van der Waals surface area contributed by atoms with Gasteiger partial charge in [-0.15, -0.1) is 0 Å². The van der Waals surface area contributed by atoms with Crippen LogP contribution in [-0.2, 0) is 9.59 Å². The van der Waals surface area contributed by atoms with Crippen LogP contribution in [0.4, 0.5) is 5.69 Å². The minimum absolute atomic E-state index is 0.0271. The van der Waals surface area contributed by atoms with Gasteiger partial charge in [0.15, 0.2) is 0 Å². The smallest absolute Gasteiger partial charge is 0.300 e. The van der Waals surface area contributed by atoms with Crippen LogP contribution in [0.2, 0.25) is 5.02 Å². The topological polar surface area (TPSA) is 70.8 Å². The highest BCUT2D eigenvalue weighted by atomic mass is 35.5. The molecule has 1 fully saturated rings. The Morgan fingerprint density at radius 1 is 1.00 bits per heavy atom. The van der Waals surface area contributed by atoms with Crippen LogP contribution >= 0.6 is 11.6 Å². The molecule has 1 aliphatic heterocycles. The first-order valence-electron chi connectivity index (χ1n) is 10.1. The zero-order valence-electron chi connectivity index (χ0n) is 17.1. The van der Waals surface area contributed by atoms with Crippen molar-refractivity contribution in [2.45, 2.75) is 13.0 Å². The molecule has 1 saturated heterocycles. The van der Waals surface area contributed by atoms with E-state index in [1.54, 1.807) is 42.5 Å². The maximum atomic E-state index is 13.3. The predicted octanol–water partition coefficient (Wildman–Crippen LogP) is 6.02. The van der Waals surface area contributed by atoms with Crippen molar-refractivity contribution in [3.8, 4) is 0 Å². The number of aliphatic hydroxyl groups excluding tert-OH is 1. The molecule has 158 valence electrons. The first kappa shape index (κ1) is 20.1. The Morgan fingerprint density at radius 2 is 1.78 bits per heavy atom. The third kappa shape index (κ3) is 3.10. The normalized spacial score (nSPS) is 17.9. The number of benzene rings is 3. The lowest BCUT2D eigenvalue weighted by Crippen LogP contribution is -2.30. The molecule has 0 aliphatic carbocycles. The molecule has 0 radical (unpaired) electrons. The van der Waals surface area contributed by atoms with Gasteiger partial charge in [-0.1, -0.05) is 60.1 Å². The Morgan fingerprint density at radius 3 is 2.56 bits per heavy atom. The minimum atomic E-state index is -0.930. The van der Waals surface area contributed by atoms with Gasteiger partial charge in [0.05, 0.1) is 11.8 Å². The summed E-state index contributed by atoms with van der Waals surface area (Å²) >= 11 is 6.20. The Hall–Kier alpha value is -3.83.